The van der Waals surface area contributed by atoms with E-state index in [9.17, 15) is 22.4 Å². The van der Waals surface area contributed by atoms with Gasteiger partial charge in [-0.2, -0.15) is 13.2 Å². The minimum Gasteiger partial charge on any atom is -0.475 e. The zero-order chi connectivity index (χ0) is 24.4. The number of rotatable bonds is 3. The van der Waals surface area contributed by atoms with E-state index in [1.807, 2.05) is 18.2 Å². The third-order valence-electron chi connectivity index (χ3n) is 5.55. The molecule has 33 heavy (non-hydrogen) atoms. The monoisotopic (exact) mass is 463 g/mol. The number of fused-ring (bicyclic) bond motifs is 1. The molecule has 3 N–H and O–H groups in total. The highest BCUT2D eigenvalue weighted by atomic mass is 19.4. The maximum absolute atomic E-state index is 14.1. The largest absolute Gasteiger partial charge is 0.490 e. The molecule has 4 rings (SSSR count). The van der Waals surface area contributed by atoms with Crippen molar-refractivity contribution < 1.29 is 32.3 Å². The van der Waals surface area contributed by atoms with Gasteiger partial charge in [0.25, 0.3) is 5.91 Å². The molecule has 1 atom stereocenters. The van der Waals surface area contributed by atoms with Crippen LogP contribution in [0.15, 0.2) is 48.7 Å². The molecule has 174 valence electrons. The van der Waals surface area contributed by atoms with Gasteiger partial charge in [0.1, 0.15) is 5.82 Å². The lowest BCUT2D eigenvalue weighted by atomic mass is 9.80. The minimum absolute atomic E-state index is 0.0585. The number of aliphatic carboxylic acids is 1. The van der Waals surface area contributed by atoms with E-state index in [4.69, 9.17) is 9.90 Å². The van der Waals surface area contributed by atoms with Crippen molar-refractivity contribution in [3.63, 3.8) is 0 Å². The van der Waals surface area contributed by atoms with Crippen molar-refractivity contribution in [2.24, 2.45) is 0 Å². The average Bonchev–Trinajstić information content (AvgIpc) is 3.24. The van der Waals surface area contributed by atoms with Gasteiger partial charge in [-0.15, -0.1) is 0 Å². The minimum atomic E-state index is -5.08. The number of nitrogens with zero attached hydrogens (tertiary/aromatic N) is 1. The Hall–Kier alpha value is -3.69. The van der Waals surface area contributed by atoms with E-state index in [0.717, 1.165) is 23.4 Å². The van der Waals surface area contributed by atoms with Gasteiger partial charge in [0.2, 0.25) is 0 Å². The van der Waals surface area contributed by atoms with Crippen molar-refractivity contribution >= 4 is 11.9 Å². The van der Waals surface area contributed by atoms with Crippen LogP contribution in [0, 0.1) is 5.82 Å². The van der Waals surface area contributed by atoms with E-state index in [-0.39, 0.29) is 17.1 Å². The number of H-pyrrole nitrogens is 1. The van der Waals surface area contributed by atoms with Crippen molar-refractivity contribution in [3.05, 3.63) is 65.7 Å². The van der Waals surface area contributed by atoms with Crippen LogP contribution in [0.2, 0.25) is 0 Å². The zero-order valence-electron chi connectivity index (χ0n) is 17.8. The second-order valence-corrected chi connectivity index (χ2v) is 7.78. The first-order chi connectivity index (χ1) is 15.5. The Labute approximate surface area is 186 Å². The Morgan fingerprint density at radius 3 is 2.45 bits per heavy atom. The van der Waals surface area contributed by atoms with Crippen molar-refractivity contribution in [3.8, 4) is 22.5 Å². The smallest absolute Gasteiger partial charge is 0.475 e. The van der Waals surface area contributed by atoms with Crippen molar-refractivity contribution in [2.45, 2.75) is 31.9 Å². The predicted molar refractivity (Wildman–Crippen MR) is 113 cm³/mol. The summed E-state index contributed by atoms with van der Waals surface area (Å²) in [5, 5.41) is 10.1. The lowest BCUT2D eigenvalue weighted by Crippen LogP contribution is -2.44. The maximum Gasteiger partial charge on any atom is 0.490 e. The molecule has 2 aromatic heterocycles. The first-order valence-corrected chi connectivity index (χ1v) is 9.99. The van der Waals surface area contributed by atoms with E-state index < -0.39 is 12.1 Å². The fourth-order valence-corrected chi connectivity index (χ4v) is 3.44. The van der Waals surface area contributed by atoms with Crippen LogP contribution < -0.4 is 5.32 Å². The molecule has 0 bridgehead atoms. The lowest BCUT2D eigenvalue weighted by Gasteiger charge is -2.32. The second-order valence-electron chi connectivity index (χ2n) is 7.78. The van der Waals surface area contributed by atoms with Gasteiger partial charge in [0.15, 0.2) is 0 Å². The third kappa shape index (κ3) is 5.05. The molecule has 1 aliphatic heterocycles. The number of alkyl halides is 3. The molecule has 3 heterocycles. The number of aromatic nitrogens is 2. The molecule has 0 spiro atoms. The summed E-state index contributed by atoms with van der Waals surface area (Å²) in [4.78, 5) is 28.9. The number of carbonyl (C=O) groups is 2. The molecule has 1 aromatic carbocycles. The van der Waals surface area contributed by atoms with Gasteiger partial charge < -0.3 is 15.4 Å². The number of pyridine rings is 1. The van der Waals surface area contributed by atoms with Gasteiger partial charge in [0, 0.05) is 40.7 Å². The maximum atomic E-state index is 14.1. The molecule has 1 aliphatic rings. The van der Waals surface area contributed by atoms with Gasteiger partial charge in [0.05, 0.1) is 11.3 Å². The second kappa shape index (κ2) is 9.05. The average molecular weight is 463 g/mol. The molecule has 0 radical (unpaired) electrons. The zero-order valence-corrected chi connectivity index (χ0v) is 17.8. The highest BCUT2D eigenvalue weighted by Gasteiger charge is 2.38. The number of amides is 1. The molecular weight excluding hydrogens is 442 g/mol. The molecule has 6 nitrogen and oxygen atoms in total. The quantitative estimate of drug-likeness (QED) is 0.480. The summed E-state index contributed by atoms with van der Waals surface area (Å²) in [6, 6.07) is 12.2. The van der Waals surface area contributed by atoms with Crippen molar-refractivity contribution in [1.82, 2.24) is 15.3 Å². The van der Waals surface area contributed by atoms with Gasteiger partial charge >= 0.3 is 12.1 Å². The number of benzene rings is 1. The molecule has 10 heteroatoms. The van der Waals surface area contributed by atoms with Gasteiger partial charge in [-0.1, -0.05) is 26.0 Å². The molecule has 0 fully saturated rings. The number of hydrogen-bond donors (Lipinski definition) is 3. The Morgan fingerprint density at radius 2 is 1.85 bits per heavy atom. The molecule has 3 aromatic rings. The van der Waals surface area contributed by atoms with Gasteiger partial charge in [-0.3, -0.25) is 9.78 Å². The van der Waals surface area contributed by atoms with Crippen LogP contribution >= 0.6 is 0 Å². The number of nitrogens with one attached hydrogen (secondary N) is 2. The van der Waals surface area contributed by atoms with Crippen LogP contribution in [0.3, 0.4) is 0 Å². The van der Waals surface area contributed by atoms with Crippen LogP contribution in [0.4, 0.5) is 17.6 Å². The van der Waals surface area contributed by atoms with Crippen LogP contribution in [-0.2, 0) is 10.2 Å². The summed E-state index contributed by atoms with van der Waals surface area (Å²) in [5.74, 6) is -3.12. The van der Waals surface area contributed by atoms with Crippen LogP contribution in [0.25, 0.3) is 22.5 Å². The normalized spacial score (nSPS) is 17.5. The Kier molecular flexibility index (Phi) is 6.57. The number of aromatic amines is 1. The molecule has 0 aliphatic carbocycles. The van der Waals surface area contributed by atoms with E-state index in [1.54, 1.807) is 24.4 Å². The van der Waals surface area contributed by atoms with E-state index in [1.165, 1.54) is 6.07 Å². The molecule has 1 unspecified atom stereocenters. The number of halogens is 4. The van der Waals surface area contributed by atoms with Gasteiger partial charge in [-0.25, -0.2) is 9.18 Å². The summed E-state index contributed by atoms with van der Waals surface area (Å²) in [5.41, 5.74) is 4.26. The topological polar surface area (TPSA) is 95.1 Å². The molecule has 0 saturated heterocycles. The van der Waals surface area contributed by atoms with E-state index >= 15 is 0 Å². The number of hydrogen-bond acceptors (Lipinski definition) is 3. The fraction of sp³-hybridized carbons (Fsp3) is 0.261. The van der Waals surface area contributed by atoms with Crippen LogP contribution in [0.5, 0.6) is 0 Å². The molecule has 1 amide bonds. The fourth-order valence-electron chi connectivity index (χ4n) is 3.44. The summed E-state index contributed by atoms with van der Waals surface area (Å²) >= 11 is 0. The van der Waals surface area contributed by atoms with Crippen molar-refractivity contribution in [2.75, 3.05) is 6.54 Å². The number of carboxylic acid groups (broad SMARTS) is 1. The number of carboxylic acids is 1. The Bertz CT molecular complexity index is 1190. The summed E-state index contributed by atoms with van der Waals surface area (Å²) in [6.45, 7) is 4.87. The summed E-state index contributed by atoms with van der Waals surface area (Å²) in [7, 11) is 0. The van der Waals surface area contributed by atoms with Crippen LogP contribution in [0.1, 0.15) is 36.3 Å². The van der Waals surface area contributed by atoms with E-state index in [0.29, 0.717) is 23.4 Å². The SMILES string of the molecule is CCC1(C)CNC(=O)c2cc(-c3ccnc(-c4ccccc4F)c3)[nH]c21.O=C(O)C(F)(F)F. The standard InChI is InChI=1S/C21H20FN3O.C2HF3O2/c1-3-21(2)12-24-20(26)15-11-17(25-19(15)21)13-8-9-23-18(10-13)14-6-4-5-7-16(14)22;3-2(4,5)1(6)7/h4-11,25H,3,12H2,1-2H3,(H,24,26);(H,6,7). The third-order valence-corrected chi connectivity index (χ3v) is 5.55. The molecule has 0 saturated carbocycles. The Morgan fingerprint density at radius 1 is 1.18 bits per heavy atom. The number of carbonyl (C=O) groups excluding carboxylic acids is 1. The molecular formula is C23H21F4N3O3. The Balaban J connectivity index is 0.000000383. The van der Waals surface area contributed by atoms with Gasteiger partial charge in [-0.05, 0) is 36.8 Å². The highest BCUT2D eigenvalue weighted by Crippen LogP contribution is 2.35. The summed E-state index contributed by atoms with van der Waals surface area (Å²) in [6.07, 6.45) is -2.51. The lowest BCUT2D eigenvalue weighted by molar-refractivity contribution is -0.192. The van der Waals surface area contributed by atoms with Crippen LogP contribution in [-0.4, -0.2) is 39.7 Å². The summed E-state index contributed by atoms with van der Waals surface area (Å²) < 4.78 is 45.8. The predicted octanol–water partition coefficient (Wildman–Crippen LogP) is 4.93. The van der Waals surface area contributed by atoms with Crippen molar-refractivity contribution in [1.29, 1.82) is 0 Å². The first kappa shape index (κ1) is 24.0. The highest BCUT2D eigenvalue weighted by molar-refractivity contribution is 5.98. The first-order valence-electron chi connectivity index (χ1n) is 9.99. The van der Waals surface area contributed by atoms with E-state index in [2.05, 4.69) is 29.1 Å².